The molecule has 3 rings (SSSR count). The van der Waals surface area contributed by atoms with Gasteiger partial charge in [-0.1, -0.05) is 29.8 Å². The molecule has 158 valence electrons. The summed E-state index contributed by atoms with van der Waals surface area (Å²) in [6.07, 6.45) is -0.221. The van der Waals surface area contributed by atoms with E-state index in [1.807, 2.05) is 29.2 Å². The van der Waals surface area contributed by atoms with Crippen molar-refractivity contribution in [2.45, 2.75) is 25.1 Å². The van der Waals surface area contributed by atoms with Gasteiger partial charge in [-0.05, 0) is 42.3 Å². The number of rotatable bonds is 9. The molecule has 0 aromatic heterocycles. The number of aliphatic hydroxyl groups is 1. The molecular formula is C21H26ClNO5S. The van der Waals surface area contributed by atoms with Crippen LogP contribution in [-0.4, -0.2) is 62.3 Å². The van der Waals surface area contributed by atoms with Crippen LogP contribution in [0.15, 0.2) is 48.5 Å². The molecular weight excluding hydrogens is 414 g/mol. The van der Waals surface area contributed by atoms with E-state index in [1.165, 1.54) is 0 Å². The minimum absolute atomic E-state index is 0.101. The summed E-state index contributed by atoms with van der Waals surface area (Å²) in [7, 11) is -1.45. The standard InChI is InChI=1S/C21H26ClNO5S/c1-27-19-6-8-20(9-7-19)28-14-18(24)13-23(17-10-11-29(25,26)15-17)12-16-4-2-3-5-21(16)22/h2-9,17-18,24H,10-15H2,1H3. The second kappa shape index (κ2) is 9.80. The molecule has 2 unspecified atom stereocenters. The van der Waals surface area contributed by atoms with Crippen LogP contribution < -0.4 is 9.47 Å². The summed E-state index contributed by atoms with van der Waals surface area (Å²) < 4.78 is 34.7. The molecule has 1 aliphatic heterocycles. The Bertz CT molecular complexity index is 904. The Kier molecular flexibility index (Phi) is 7.40. The first kappa shape index (κ1) is 21.9. The van der Waals surface area contributed by atoms with E-state index >= 15 is 0 Å². The monoisotopic (exact) mass is 439 g/mol. The maximum absolute atomic E-state index is 12.0. The van der Waals surface area contributed by atoms with Gasteiger partial charge in [0.2, 0.25) is 0 Å². The third kappa shape index (κ3) is 6.34. The van der Waals surface area contributed by atoms with E-state index in [0.29, 0.717) is 30.3 Å². The van der Waals surface area contributed by atoms with Crippen molar-refractivity contribution in [2.24, 2.45) is 0 Å². The highest BCUT2D eigenvalue weighted by Crippen LogP contribution is 2.24. The van der Waals surface area contributed by atoms with Crippen LogP contribution in [0.1, 0.15) is 12.0 Å². The first-order valence-electron chi connectivity index (χ1n) is 9.49. The lowest BCUT2D eigenvalue weighted by Gasteiger charge is -2.30. The molecule has 1 saturated heterocycles. The number of nitrogens with zero attached hydrogens (tertiary/aromatic N) is 1. The summed E-state index contributed by atoms with van der Waals surface area (Å²) in [6, 6.07) is 14.5. The van der Waals surface area contributed by atoms with E-state index < -0.39 is 15.9 Å². The van der Waals surface area contributed by atoms with Crippen molar-refractivity contribution in [3.63, 3.8) is 0 Å². The number of methoxy groups -OCH3 is 1. The molecule has 0 radical (unpaired) electrons. The number of hydrogen-bond acceptors (Lipinski definition) is 6. The minimum atomic E-state index is -3.04. The van der Waals surface area contributed by atoms with E-state index in [0.717, 1.165) is 11.3 Å². The molecule has 2 aromatic rings. The van der Waals surface area contributed by atoms with Crippen LogP contribution in [0, 0.1) is 0 Å². The quantitative estimate of drug-likeness (QED) is 0.647. The van der Waals surface area contributed by atoms with Gasteiger partial charge in [-0.25, -0.2) is 8.42 Å². The van der Waals surface area contributed by atoms with Gasteiger partial charge in [0.05, 0.1) is 18.6 Å². The zero-order chi connectivity index (χ0) is 20.9. The van der Waals surface area contributed by atoms with Gasteiger partial charge in [0, 0.05) is 24.2 Å². The molecule has 8 heteroatoms. The maximum Gasteiger partial charge on any atom is 0.151 e. The van der Waals surface area contributed by atoms with Crippen LogP contribution in [0.4, 0.5) is 0 Å². The highest BCUT2D eigenvalue weighted by molar-refractivity contribution is 7.91. The van der Waals surface area contributed by atoms with E-state index in [4.69, 9.17) is 21.1 Å². The van der Waals surface area contributed by atoms with Crippen molar-refractivity contribution < 1.29 is 23.0 Å². The van der Waals surface area contributed by atoms with Gasteiger partial charge in [0.1, 0.15) is 24.2 Å². The van der Waals surface area contributed by atoms with Crippen molar-refractivity contribution in [2.75, 3.05) is 31.8 Å². The SMILES string of the molecule is COc1ccc(OCC(O)CN(Cc2ccccc2Cl)C2CCS(=O)(=O)C2)cc1. The fraction of sp³-hybridized carbons (Fsp3) is 0.429. The molecule has 2 aromatic carbocycles. The number of hydrogen-bond donors (Lipinski definition) is 1. The Labute approximate surface area is 176 Å². The summed E-state index contributed by atoms with van der Waals surface area (Å²) >= 11 is 6.29. The summed E-state index contributed by atoms with van der Waals surface area (Å²) in [6.45, 7) is 0.867. The van der Waals surface area contributed by atoms with Gasteiger partial charge < -0.3 is 14.6 Å². The Morgan fingerprint density at radius 1 is 1.17 bits per heavy atom. The van der Waals surface area contributed by atoms with E-state index in [-0.39, 0.29) is 24.2 Å². The molecule has 0 saturated carbocycles. The van der Waals surface area contributed by atoms with Crippen LogP contribution >= 0.6 is 11.6 Å². The van der Waals surface area contributed by atoms with Crippen LogP contribution in [0.3, 0.4) is 0 Å². The Morgan fingerprint density at radius 3 is 2.48 bits per heavy atom. The molecule has 1 N–H and O–H groups in total. The number of halogens is 1. The second-order valence-corrected chi connectivity index (χ2v) is 9.85. The van der Waals surface area contributed by atoms with Crippen LogP contribution in [0.25, 0.3) is 0 Å². The molecule has 0 bridgehead atoms. The van der Waals surface area contributed by atoms with Gasteiger partial charge >= 0.3 is 0 Å². The molecule has 2 atom stereocenters. The Hall–Kier alpha value is -1.80. The van der Waals surface area contributed by atoms with Gasteiger partial charge in [-0.2, -0.15) is 0 Å². The average Bonchev–Trinajstić information content (AvgIpc) is 3.07. The minimum Gasteiger partial charge on any atom is -0.497 e. The predicted molar refractivity (Wildman–Crippen MR) is 113 cm³/mol. The molecule has 0 spiro atoms. The fourth-order valence-corrected chi connectivity index (χ4v) is 5.40. The lowest BCUT2D eigenvalue weighted by Crippen LogP contribution is -2.42. The third-order valence-electron chi connectivity index (χ3n) is 5.00. The van der Waals surface area contributed by atoms with Gasteiger partial charge in [-0.3, -0.25) is 4.90 Å². The predicted octanol–water partition coefficient (Wildman–Crippen LogP) is 2.78. The zero-order valence-corrected chi connectivity index (χ0v) is 17.9. The van der Waals surface area contributed by atoms with Crippen molar-refractivity contribution in [3.8, 4) is 11.5 Å². The van der Waals surface area contributed by atoms with E-state index in [1.54, 1.807) is 31.4 Å². The summed E-state index contributed by atoms with van der Waals surface area (Å²) in [5.74, 6) is 1.63. The van der Waals surface area contributed by atoms with Crippen molar-refractivity contribution >= 4 is 21.4 Å². The molecule has 29 heavy (non-hydrogen) atoms. The zero-order valence-electron chi connectivity index (χ0n) is 16.3. The molecule has 0 aliphatic carbocycles. The first-order chi connectivity index (χ1) is 13.9. The highest BCUT2D eigenvalue weighted by Gasteiger charge is 2.33. The van der Waals surface area contributed by atoms with Crippen LogP contribution in [0.2, 0.25) is 5.02 Å². The Morgan fingerprint density at radius 2 is 1.86 bits per heavy atom. The maximum atomic E-state index is 12.0. The van der Waals surface area contributed by atoms with Gasteiger partial charge in [0.25, 0.3) is 0 Å². The normalized spacial score (nSPS) is 19.2. The highest BCUT2D eigenvalue weighted by atomic mass is 35.5. The Balaban J connectivity index is 1.64. The van der Waals surface area contributed by atoms with Crippen LogP contribution in [0.5, 0.6) is 11.5 Å². The number of aliphatic hydroxyl groups excluding tert-OH is 1. The van der Waals surface area contributed by atoms with Crippen molar-refractivity contribution in [1.29, 1.82) is 0 Å². The van der Waals surface area contributed by atoms with E-state index in [2.05, 4.69) is 0 Å². The summed E-state index contributed by atoms with van der Waals surface area (Å²) in [5, 5.41) is 11.2. The molecule has 1 heterocycles. The number of sulfone groups is 1. The lowest BCUT2D eigenvalue weighted by molar-refractivity contribution is 0.0525. The van der Waals surface area contributed by atoms with E-state index in [9.17, 15) is 13.5 Å². The first-order valence-corrected chi connectivity index (χ1v) is 11.7. The molecule has 6 nitrogen and oxygen atoms in total. The number of benzene rings is 2. The number of ether oxygens (including phenoxy) is 2. The third-order valence-corrected chi connectivity index (χ3v) is 7.12. The average molecular weight is 440 g/mol. The summed E-state index contributed by atoms with van der Waals surface area (Å²) in [4.78, 5) is 1.99. The molecule has 1 fully saturated rings. The smallest absolute Gasteiger partial charge is 0.151 e. The molecule has 0 amide bonds. The largest absolute Gasteiger partial charge is 0.497 e. The van der Waals surface area contributed by atoms with Gasteiger partial charge in [-0.15, -0.1) is 0 Å². The molecule has 1 aliphatic rings. The second-order valence-electron chi connectivity index (χ2n) is 7.22. The lowest BCUT2D eigenvalue weighted by atomic mass is 10.1. The fourth-order valence-electron chi connectivity index (χ4n) is 3.44. The van der Waals surface area contributed by atoms with Crippen molar-refractivity contribution in [1.82, 2.24) is 4.90 Å². The summed E-state index contributed by atoms with van der Waals surface area (Å²) in [5.41, 5.74) is 0.904. The van der Waals surface area contributed by atoms with Crippen LogP contribution in [-0.2, 0) is 16.4 Å². The topological polar surface area (TPSA) is 76.1 Å². The van der Waals surface area contributed by atoms with Crippen molar-refractivity contribution in [3.05, 3.63) is 59.1 Å². The van der Waals surface area contributed by atoms with Gasteiger partial charge in [0.15, 0.2) is 9.84 Å².